The predicted octanol–water partition coefficient (Wildman–Crippen LogP) is 6.88. The van der Waals surface area contributed by atoms with Gasteiger partial charge >= 0.3 is 6.16 Å². The molecule has 0 aliphatic heterocycles. The maximum atomic E-state index is 13.9. The van der Waals surface area contributed by atoms with Crippen molar-refractivity contribution >= 4 is 6.16 Å². The Hall–Kier alpha value is -3.99. The molecule has 0 atom stereocenters. The van der Waals surface area contributed by atoms with Crippen molar-refractivity contribution in [3.8, 4) is 33.8 Å². The van der Waals surface area contributed by atoms with E-state index in [9.17, 15) is 13.6 Å². The van der Waals surface area contributed by atoms with Crippen LogP contribution in [0.1, 0.15) is 0 Å². The SMILES string of the molecule is O=C(Oc1ccc(-c2ccccc2F)cc1)Oc1ccc(-c2ccccc2F)cc1. The Balaban J connectivity index is 1.40. The maximum absolute atomic E-state index is 13.9. The van der Waals surface area contributed by atoms with Gasteiger partial charge in [-0.15, -0.1) is 0 Å². The Morgan fingerprint density at radius 2 is 0.900 bits per heavy atom. The summed E-state index contributed by atoms with van der Waals surface area (Å²) in [6.45, 7) is 0. The van der Waals surface area contributed by atoms with Gasteiger partial charge < -0.3 is 9.47 Å². The van der Waals surface area contributed by atoms with E-state index in [0.717, 1.165) is 0 Å². The highest BCUT2D eigenvalue weighted by Crippen LogP contribution is 2.26. The quantitative estimate of drug-likeness (QED) is 0.276. The van der Waals surface area contributed by atoms with E-state index in [2.05, 4.69) is 0 Å². The van der Waals surface area contributed by atoms with Gasteiger partial charge in [0, 0.05) is 11.1 Å². The van der Waals surface area contributed by atoms with Gasteiger partial charge in [-0.1, -0.05) is 60.7 Å². The molecule has 0 saturated carbocycles. The Labute approximate surface area is 172 Å². The van der Waals surface area contributed by atoms with E-state index in [0.29, 0.717) is 22.3 Å². The van der Waals surface area contributed by atoms with Crippen LogP contribution in [-0.2, 0) is 0 Å². The summed E-state index contributed by atoms with van der Waals surface area (Å²) >= 11 is 0. The summed E-state index contributed by atoms with van der Waals surface area (Å²) < 4.78 is 38.0. The van der Waals surface area contributed by atoms with Crippen LogP contribution in [0.3, 0.4) is 0 Å². The Kier molecular flexibility index (Phi) is 5.52. The van der Waals surface area contributed by atoms with E-state index in [1.54, 1.807) is 84.9 Å². The summed E-state index contributed by atoms with van der Waals surface area (Å²) in [5.41, 5.74) is 2.25. The predicted molar refractivity (Wildman–Crippen MR) is 110 cm³/mol. The molecule has 0 fully saturated rings. The summed E-state index contributed by atoms with van der Waals surface area (Å²) in [6.07, 6.45) is -0.910. The van der Waals surface area contributed by atoms with Gasteiger partial charge in [-0.2, -0.15) is 0 Å². The highest BCUT2D eigenvalue weighted by molar-refractivity contribution is 5.70. The molecule has 0 radical (unpaired) electrons. The molecule has 0 bridgehead atoms. The number of ether oxygens (including phenoxy) is 2. The first kappa shape index (κ1) is 19.3. The highest BCUT2D eigenvalue weighted by Gasteiger charge is 2.10. The van der Waals surface area contributed by atoms with Gasteiger partial charge in [0.25, 0.3) is 0 Å². The first-order valence-electron chi connectivity index (χ1n) is 9.20. The lowest BCUT2D eigenvalue weighted by Crippen LogP contribution is -2.13. The maximum Gasteiger partial charge on any atom is 0.519 e. The number of rotatable bonds is 4. The number of halogens is 2. The molecule has 0 aliphatic rings. The standard InChI is InChI=1S/C25H16F2O3/c26-23-7-3-1-5-21(23)17-9-13-19(14-10-17)29-25(28)30-20-15-11-18(12-16-20)22-6-2-4-8-24(22)27/h1-16H. The minimum Gasteiger partial charge on any atom is -0.395 e. The number of benzene rings is 4. The average molecular weight is 402 g/mol. The van der Waals surface area contributed by atoms with E-state index in [1.165, 1.54) is 12.1 Å². The van der Waals surface area contributed by atoms with Crippen molar-refractivity contribution in [2.45, 2.75) is 0 Å². The molecular weight excluding hydrogens is 386 g/mol. The second kappa shape index (κ2) is 8.57. The molecule has 0 N–H and O–H groups in total. The van der Waals surface area contributed by atoms with Crippen molar-refractivity contribution in [2.75, 3.05) is 0 Å². The molecular formula is C25H16F2O3. The average Bonchev–Trinajstić information content (AvgIpc) is 2.76. The van der Waals surface area contributed by atoms with Crippen LogP contribution in [0.2, 0.25) is 0 Å². The van der Waals surface area contributed by atoms with Crippen molar-refractivity contribution in [1.29, 1.82) is 0 Å². The van der Waals surface area contributed by atoms with Crippen LogP contribution in [0, 0.1) is 11.6 Å². The molecule has 0 unspecified atom stereocenters. The van der Waals surface area contributed by atoms with Gasteiger partial charge in [0.05, 0.1) is 0 Å². The van der Waals surface area contributed by atoms with Crippen molar-refractivity contribution in [3.05, 3.63) is 109 Å². The monoisotopic (exact) mass is 402 g/mol. The molecule has 30 heavy (non-hydrogen) atoms. The molecule has 3 nitrogen and oxygen atoms in total. The van der Waals surface area contributed by atoms with Crippen molar-refractivity contribution in [2.24, 2.45) is 0 Å². The molecule has 0 spiro atoms. The van der Waals surface area contributed by atoms with E-state index >= 15 is 0 Å². The third-order valence-electron chi connectivity index (χ3n) is 4.48. The lowest BCUT2D eigenvalue weighted by molar-refractivity contribution is 0.152. The summed E-state index contributed by atoms with van der Waals surface area (Å²) in [5.74, 6) is -0.125. The second-order valence-electron chi connectivity index (χ2n) is 6.46. The summed E-state index contributed by atoms with van der Waals surface area (Å²) in [4.78, 5) is 12.0. The van der Waals surface area contributed by atoms with E-state index in [1.807, 2.05) is 0 Å². The second-order valence-corrected chi connectivity index (χ2v) is 6.46. The van der Waals surface area contributed by atoms with Gasteiger partial charge in [-0.05, 0) is 47.5 Å². The number of carbonyl (C=O) groups is 1. The lowest BCUT2D eigenvalue weighted by atomic mass is 10.1. The fourth-order valence-corrected chi connectivity index (χ4v) is 3.01. The fraction of sp³-hybridized carbons (Fsp3) is 0. The van der Waals surface area contributed by atoms with E-state index in [4.69, 9.17) is 9.47 Å². The Bertz CT molecular complexity index is 1080. The van der Waals surface area contributed by atoms with Gasteiger partial charge in [-0.25, -0.2) is 13.6 Å². The first-order valence-corrected chi connectivity index (χ1v) is 9.20. The third-order valence-corrected chi connectivity index (χ3v) is 4.48. The topological polar surface area (TPSA) is 35.5 Å². The van der Waals surface area contributed by atoms with Crippen LogP contribution < -0.4 is 9.47 Å². The van der Waals surface area contributed by atoms with Crippen molar-refractivity contribution < 1.29 is 23.0 Å². The zero-order valence-electron chi connectivity index (χ0n) is 15.7. The number of hydrogen-bond acceptors (Lipinski definition) is 3. The minimum atomic E-state index is -0.910. The molecule has 0 heterocycles. The molecule has 4 aromatic rings. The fourth-order valence-electron chi connectivity index (χ4n) is 3.01. The van der Waals surface area contributed by atoms with Crippen LogP contribution >= 0.6 is 0 Å². The van der Waals surface area contributed by atoms with E-state index < -0.39 is 6.16 Å². The number of hydrogen-bond donors (Lipinski definition) is 0. The van der Waals surface area contributed by atoms with Crippen LogP contribution in [0.4, 0.5) is 13.6 Å². The lowest BCUT2D eigenvalue weighted by Gasteiger charge is -2.08. The van der Waals surface area contributed by atoms with Crippen LogP contribution in [0.15, 0.2) is 97.1 Å². The highest BCUT2D eigenvalue weighted by atomic mass is 19.1. The molecule has 4 rings (SSSR count). The van der Waals surface area contributed by atoms with E-state index in [-0.39, 0.29) is 23.1 Å². The molecule has 5 heteroatoms. The van der Waals surface area contributed by atoms with Gasteiger partial charge in [-0.3, -0.25) is 0 Å². The Morgan fingerprint density at radius 3 is 1.27 bits per heavy atom. The zero-order valence-corrected chi connectivity index (χ0v) is 15.7. The summed E-state index contributed by atoms with van der Waals surface area (Å²) in [7, 11) is 0. The molecule has 0 amide bonds. The molecule has 0 aromatic heterocycles. The van der Waals surface area contributed by atoms with Gasteiger partial charge in [0.15, 0.2) is 0 Å². The minimum absolute atomic E-state index is 0.267. The molecule has 0 saturated heterocycles. The first-order chi connectivity index (χ1) is 14.6. The summed E-state index contributed by atoms with van der Waals surface area (Å²) in [5, 5.41) is 0. The van der Waals surface area contributed by atoms with Gasteiger partial charge in [0.1, 0.15) is 23.1 Å². The summed E-state index contributed by atoms with van der Waals surface area (Å²) in [6, 6.07) is 25.7. The van der Waals surface area contributed by atoms with Crippen molar-refractivity contribution in [1.82, 2.24) is 0 Å². The van der Waals surface area contributed by atoms with Gasteiger partial charge in [0.2, 0.25) is 0 Å². The van der Waals surface area contributed by atoms with Crippen LogP contribution in [-0.4, -0.2) is 6.16 Å². The normalized spacial score (nSPS) is 10.5. The van der Waals surface area contributed by atoms with Crippen LogP contribution in [0.25, 0.3) is 22.3 Å². The van der Waals surface area contributed by atoms with Crippen molar-refractivity contribution in [3.63, 3.8) is 0 Å². The smallest absolute Gasteiger partial charge is 0.395 e. The zero-order chi connectivity index (χ0) is 20.9. The molecule has 4 aromatic carbocycles. The largest absolute Gasteiger partial charge is 0.519 e. The van der Waals surface area contributed by atoms with Crippen LogP contribution in [0.5, 0.6) is 11.5 Å². The molecule has 0 aliphatic carbocycles. The Morgan fingerprint density at radius 1 is 0.533 bits per heavy atom. The number of carbonyl (C=O) groups excluding carboxylic acids is 1. The third kappa shape index (κ3) is 4.36. The molecule has 148 valence electrons.